The summed E-state index contributed by atoms with van der Waals surface area (Å²) in [6, 6.07) is 0. The van der Waals surface area contributed by atoms with E-state index in [1.807, 2.05) is 18.7 Å². The number of likely N-dealkylation sites (N-methyl/N-ethyl adjacent to an activating group) is 1. The van der Waals surface area contributed by atoms with Crippen molar-refractivity contribution in [3.8, 4) is 0 Å². The molecule has 0 atom stereocenters. The van der Waals surface area contributed by atoms with E-state index in [9.17, 15) is 9.59 Å². The molecular weight excluding hydrogens is 216 g/mol. The SMILES string of the molecule is CCN(CC)C(=O)C1(NC(C)=O)CCCCC1. The van der Waals surface area contributed by atoms with E-state index in [-0.39, 0.29) is 11.8 Å². The largest absolute Gasteiger partial charge is 0.342 e. The van der Waals surface area contributed by atoms with Gasteiger partial charge in [0.25, 0.3) is 0 Å². The molecule has 0 aromatic carbocycles. The normalized spacial score (nSPS) is 18.5. The summed E-state index contributed by atoms with van der Waals surface area (Å²) in [6.07, 6.45) is 4.76. The standard InChI is InChI=1S/C13H24N2O2/c1-4-15(5-2)12(17)13(14-11(3)16)9-7-6-8-10-13/h4-10H2,1-3H3,(H,14,16). The second-order valence-electron chi connectivity index (χ2n) is 4.80. The van der Waals surface area contributed by atoms with Gasteiger partial charge in [0.2, 0.25) is 11.8 Å². The molecule has 1 aliphatic carbocycles. The number of hydrogen-bond donors (Lipinski definition) is 1. The van der Waals surface area contributed by atoms with Crippen molar-refractivity contribution in [3.05, 3.63) is 0 Å². The number of carbonyl (C=O) groups excluding carboxylic acids is 2. The van der Waals surface area contributed by atoms with E-state index in [1.54, 1.807) is 0 Å². The lowest BCUT2D eigenvalue weighted by Gasteiger charge is -2.39. The summed E-state index contributed by atoms with van der Waals surface area (Å²) in [4.78, 5) is 25.7. The first-order valence-electron chi connectivity index (χ1n) is 6.64. The Morgan fingerprint density at radius 1 is 1.12 bits per heavy atom. The monoisotopic (exact) mass is 240 g/mol. The van der Waals surface area contributed by atoms with Gasteiger partial charge in [-0.15, -0.1) is 0 Å². The van der Waals surface area contributed by atoms with Crippen LogP contribution >= 0.6 is 0 Å². The van der Waals surface area contributed by atoms with Crippen molar-refractivity contribution in [2.45, 2.75) is 58.4 Å². The van der Waals surface area contributed by atoms with E-state index >= 15 is 0 Å². The maximum absolute atomic E-state index is 12.5. The highest BCUT2D eigenvalue weighted by atomic mass is 16.2. The molecule has 1 saturated carbocycles. The zero-order chi connectivity index (χ0) is 12.9. The predicted molar refractivity (Wildman–Crippen MR) is 67.6 cm³/mol. The quantitative estimate of drug-likeness (QED) is 0.813. The molecule has 0 aliphatic heterocycles. The van der Waals surface area contributed by atoms with Gasteiger partial charge in [0.15, 0.2) is 0 Å². The van der Waals surface area contributed by atoms with Crippen LogP contribution in [-0.4, -0.2) is 35.3 Å². The predicted octanol–water partition coefficient (Wildman–Crippen LogP) is 1.69. The summed E-state index contributed by atoms with van der Waals surface area (Å²) in [5.41, 5.74) is -0.629. The highest BCUT2D eigenvalue weighted by Crippen LogP contribution is 2.30. The number of amides is 2. The van der Waals surface area contributed by atoms with Crippen molar-refractivity contribution >= 4 is 11.8 Å². The zero-order valence-corrected chi connectivity index (χ0v) is 11.2. The molecule has 1 N–H and O–H groups in total. The van der Waals surface area contributed by atoms with E-state index in [0.29, 0.717) is 13.1 Å². The molecule has 0 saturated heterocycles. The lowest BCUT2D eigenvalue weighted by atomic mass is 9.80. The molecule has 98 valence electrons. The van der Waals surface area contributed by atoms with Gasteiger partial charge in [-0.25, -0.2) is 0 Å². The Bertz CT molecular complexity index is 279. The number of nitrogens with one attached hydrogen (secondary N) is 1. The van der Waals surface area contributed by atoms with Crippen LogP contribution in [0.25, 0.3) is 0 Å². The molecule has 0 radical (unpaired) electrons. The first-order chi connectivity index (χ1) is 8.05. The van der Waals surface area contributed by atoms with Crippen LogP contribution in [0.15, 0.2) is 0 Å². The molecule has 4 nitrogen and oxygen atoms in total. The maximum atomic E-state index is 12.5. The third-order valence-electron chi connectivity index (χ3n) is 3.58. The molecular formula is C13H24N2O2. The van der Waals surface area contributed by atoms with Crippen molar-refractivity contribution in [1.29, 1.82) is 0 Å². The van der Waals surface area contributed by atoms with Gasteiger partial charge in [0.05, 0.1) is 0 Å². The molecule has 2 amide bonds. The molecule has 0 heterocycles. The zero-order valence-electron chi connectivity index (χ0n) is 11.2. The van der Waals surface area contributed by atoms with E-state index in [1.165, 1.54) is 6.92 Å². The summed E-state index contributed by atoms with van der Waals surface area (Å²) in [7, 11) is 0. The summed E-state index contributed by atoms with van der Waals surface area (Å²) >= 11 is 0. The number of rotatable bonds is 4. The van der Waals surface area contributed by atoms with Crippen LogP contribution in [0.2, 0.25) is 0 Å². The first kappa shape index (κ1) is 14.0. The fourth-order valence-electron chi connectivity index (χ4n) is 2.70. The average Bonchev–Trinajstić information content (AvgIpc) is 2.30. The van der Waals surface area contributed by atoms with Gasteiger partial charge in [0, 0.05) is 20.0 Å². The van der Waals surface area contributed by atoms with Gasteiger partial charge >= 0.3 is 0 Å². The molecule has 1 aliphatic rings. The fourth-order valence-corrected chi connectivity index (χ4v) is 2.70. The maximum Gasteiger partial charge on any atom is 0.248 e. The number of carbonyl (C=O) groups is 2. The summed E-state index contributed by atoms with van der Waals surface area (Å²) < 4.78 is 0. The lowest BCUT2D eigenvalue weighted by Crippen LogP contribution is -2.60. The summed E-state index contributed by atoms with van der Waals surface area (Å²) in [6.45, 7) is 6.86. The Labute approximate surface area is 104 Å². The minimum absolute atomic E-state index is 0.0948. The van der Waals surface area contributed by atoms with Gasteiger partial charge in [-0.05, 0) is 26.7 Å². The number of nitrogens with zero attached hydrogens (tertiary/aromatic N) is 1. The summed E-state index contributed by atoms with van der Waals surface area (Å²) in [5.74, 6) is -0.00944. The summed E-state index contributed by atoms with van der Waals surface area (Å²) in [5, 5.41) is 2.91. The molecule has 0 aromatic heterocycles. The van der Waals surface area contributed by atoms with Crippen LogP contribution in [0.3, 0.4) is 0 Å². The van der Waals surface area contributed by atoms with Gasteiger partial charge in [-0.1, -0.05) is 19.3 Å². The van der Waals surface area contributed by atoms with E-state index in [0.717, 1.165) is 32.1 Å². The minimum Gasteiger partial charge on any atom is -0.342 e. The second-order valence-corrected chi connectivity index (χ2v) is 4.80. The average molecular weight is 240 g/mol. The van der Waals surface area contributed by atoms with Crippen LogP contribution in [0.4, 0.5) is 0 Å². The Balaban J connectivity index is 2.88. The third-order valence-corrected chi connectivity index (χ3v) is 3.58. The van der Waals surface area contributed by atoms with Crippen LogP contribution in [0.1, 0.15) is 52.9 Å². The van der Waals surface area contributed by atoms with Crippen molar-refractivity contribution in [2.75, 3.05) is 13.1 Å². The molecule has 0 aromatic rings. The number of hydrogen-bond acceptors (Lipinski definition) is 2. The third kappa shape index (κ3) is 3.20. The Hall–Kier alpha value is -1.06. The van der Waals surface area contributed by atoms with Gasteiger partial charge < -0.3 is 10.2 Å². The first-order valence-corrected chi connectivity index (χ1v) is 6.64. The molecule has 1 fully saturated rings. The Morgan fingerprint density at radius 3 is 2.06 bits per heavy atom. The molecule has 0 unspecified atom stereocenters. The lowest BCUT2D eigenvalue weighted by molar-refractivity contribution is -0.142. The second kappa shape index (κ2) is 6.03. The molecule has 17 heavy (non-hydrogen) atoms. The highest BCUT2D eigenvalue weighted by Gasteiger charge is 2.41. The molecule has 1 rings (SSSR count). The van der Waals surface area contributed by atoms with E-state index in [2.05, 4.69) is 5.32 Å². The smallest absolute Gasteiger partial charge is 0.248 e. The van der Waals surface area contributed by atoms with E-state index < -0.39 is 5.54 Å². The van der Waals surface area contributed by atoms with Crippen molar-refractivity contribution < 1.29 is 9.59 Å². The molecule has 4 heteroatoms. The van der Waals surface area contributed by atoms with Crippen LogP contribution < -0.4 is 5.32 Å². The molecule has 0 spiro atoms. The van der Waals surface area contributed by atoms with E-state index in [4.69, 9.17) is 0 Å². The fraction of sp³-hybridized carbons (Fsp3) is 0.846. The van der Waals surface area contributed by atoms with Gasteiger partial charge in [0.1, 0.15) is 5.54 Å². The van der Waals surface area contributed by atoms with Crippen molar-refractivity contribution in [1.82, 2.24) is 10.2 Å². The van der Waals surface area contributed by atoms with Crippen LogP contribution in [0, 0.1) is 0 Å². The van der Waals surface area contributed by atoms with Gasteiger partial charge in [-0.2, -0.15) is 0 Å². The van der Waals surface area contributed by atoms with Crippen molar-refractivity contribution in [2.24, 2.45) is 0 Å². The van der Waals surface area contributed by atoms with Gasteiger partial charge in [-0.3, -0.25) is 9.59 Å². The van der Waals surface area contributed by atoms with Crippen LogP contribution in [-0.2, 0) is 9.59 Å². The Morgan fingerprint density at radius 2 is 1.65 bits per heavy atom. The topological polar surface area (TPSA) is 49.4 Å². The highest BCUT2D eigenvalue weighted by molar-refractivity contribution is 5.91. The van der Waals surface area contributed by atoms with Crippen molar-refractivity contribution in [3.63, 3.8) is 0 Å². The Kier molecular flexibility index (Phi) is 4.97. The van der Waals surface area contributed by atoms with Crippen LogP contribution in [0.5, 0.6) is 0 Å². The molecule has 0 bridgehead atoms. The minimum atomic E-state index is -0.629.